The van der Waals surface area contributed by atoms with Gasteiger partial charge in [0.1, 0.15) is 11.5 Å². The van der Waals surface area contributed by atoms with E-state index in [1.165, 1.54) is 6.07 Å². The molecule has 2 heterocycles. The van der Waals surface area contributed by atoms with E-state index in [9.17, 15) is 4.39 Å². The van der Waals surface area contributed by atoms with Crippen LogP contribution in [-0.4, -0.2) is 32.1 Å². The van der Waals surface area contributed by atoms with Crippen molar-refractivity contribution in [3.63, 3.8) is 0 Å². The smallest absolute Gasteiger partial charge is 0.126 e. The van der Waals surface area contributed by atoms with Crippen LogP contribution < -0.4 is 11.1 Å². The number of benzene rings is 1. The summed E-state index contributed by atoms with van der Waals surface area (Å²) in [5.41, 5.74) is 10.6. The lowest BCUT2D eigenvalue weighted by Crippen LogP contribution is -2.44. The second-order valence-corrected chi connectivity index (χ2v) is 6.97. The molecule has 1 aliphatic rings. The highest BCUT2D eigenvalue weighted by Crippen LogP contribution is 2.26. The Morgan fingerprint density at radius 3 is 2.73 bits per heavy atom. The highest BCUT2D eigenvalue weighted by molar-refractivity contribution is 5.63. The van der Waals surface area contributed by atoms with Crippen molar-refractivity contribution in [3.05, 3.63) is 53.7 Å². The van der Waals surface area contributed by atoms with Crippen LogP contribution in [0.2, 0.25) is 0 Å². The third-order valence-electron chi connectivity index (χ3n) is 4.80. The van der Waals surface area contributed by atoms with Crippen LogP contribution in [0.4, 0.5) is 10.1 Å². The monoisotopic (exact) mass is 352 g/mol. The maximum Gasteiger partial charge on any atom is 0.126 e. The highest BCUT2D eigenvalue weighted by atomic mass is 19.1. The lowest BCUT2D eigenvalue weighted by Gasteiger charge is -2.33. The van der Waals surface area contributed by atoms with Gasteiger partial charge in [-0.05, 0) is 56.0 Å². The van der Waals surface area contributed by atoms with Crippen molar-refractivity contribution < 1.29 is 4.39 Å². The molecule has 1 saturated carbocycles. The molecule has 0 saturated heterocycles. The number of aromatic nitrogens is 4. The topological polar surface area (TPSA) is 81.7 Å². The first kappa shape index (κ1) is 16.7. The molecule has 26 heavy (non-hydrogen) atoms. The number of pyridine rings is 1. The summed E-state index contributed by atoms with van der Waals surface area (Å²) in [4.78, 5) is 4.30. The van der Waals surface area contributed by atoms with E-state index in [0.717, 1.165) is 35.3 Å². The summed E-state index contributed by atoms with van der Waals surface area (Å²) in [6.45, 7) is 3.59. The van der Waals surface area contributed by atoms with E-state index >= 15 is 0 Å². The largest absolute Gasteiger partial charge is 0.381 e. The van der Waals surface area contributed by atoms with Crippen molar-refractivity contribution in [2.24, 2.45) is 5.73 Å². The molecule has 0 amide bonds. The van der Waals surface area contributed by atoms with Crippen molar-refractivity contribution in [1.29, 1.82) is 0 Å². The Morgan fingerprint density at radius 1 is 1.15 bits per heavy atom. The zero-order chi connectivity index (χ0) is 18.3. The minimum Gasteiger partial charge on any atom is -0.381 e. The van der Waals surface area contributed by atoms with Crippen LogP contribution in [-0.2, 0) is 0 Å². The molecule has 0 spiro atoms. The zero-order valence-electron chi connectivity index (χ0n) is 14.8. The molecule has 1 aliphatic carbocycles. The van der Waals surface area contributed by atoms with E-state index in [1.807, 2.05) is 19.2 Å². The third kappa shape index (κ3) is 3.17. The first-order chi connectivity index (χ1) is 12.5. The van der Waals surface area contributed by atoms with E-state index < -0.39 is 0 Å². The number of aryl methyl sites for hydroxylation is 2. The summed E-state index contributed by atoms with van der Waals surface area (Å²) in [6.07, 6.45) is 7.34. The fraction of sp³-hybridized carbons (Fsp3) is 0.316. The van der Waals surface area contributed by atoms with Gasteiger partial charge in [0.15, 0.2) is 0 Å². The molecular weight excluding hydrogens is 331 g/mol. The Balaban J connectivity index is 1.59. The average Bonchev–Trinajstić information content (AvgIpc) is 3.07. The Labute approximate surface area is 151 Å². The van der Waals surface area contributed by atoms with Gasteiger partial charge in [0.2, 0.25) is 0 Å². The van der Waals surface area contributed by atoms with Crippen LogP contribution in [0.1, 0.15) is 24.0 Å². The van der Waals surface area contributed by atoms with Gasteiger partial charge >= 0.3 is 0 Å². The second kappa shape index (κ2) is 6.49. The van der Waals surface area contributed by atoms with Crippen molar-refractivity contribution in [2.75, 3.05) is 5.32 Å². The molecule has 7 heteroatoms. The molecule has 3 aromatic rings. The summed E-state index contributed by atoms with van der Waals surface area (Å²) < 4.78 is 15.4. The molecular formula is C19H21FN6. The molecule has 1 aromatic carbocycles. The van der Waals surface area contributed by atoms with E-state index in [0.29, 0.717) is 23.3 Å². The zero-order valence-corrected chi connectivity index (χ0v) is 14.8. The van der Waals surface area contributed by atoms with Gasteiger partial charge in [-0.1, -0.05) is 5.21 Å². The quantitative estimate of drug-likeness (QED) is 0.754. The Hall–Kier alpha value is -2.80. The van der Waals surface area contributed by atoms with Gasteiger partial charge in [-0.2, -0.15) is 0 Å². The predicted molar refractivity (Wildman–Crippen MR) is 98.6 cm³/mol. The molecule has 3 N–H and O–H groups in total. The molecule has 6 nitrogen and oxygen atoms in total. The molecule has 2 aromatic heterocycles. The van der Waals surface area contributed by atoms with Crippen LogP contribution >= 0.6 is 0 Å². The first-order valence-corrected chi connectivity index (χ1v) is 8.66. The molecule has 0 radical (unpaired) electrons. The number of hydrogen-bond donors (Lipinski definition) is 2. The molecule has 0 unspecified atom stereocenters. The molecule has 134 valence electrons. The minimum atomic E-state index is -0.217. The fourth-order valence-electron chi connectivity index (χ4n) is 3.20. The van der Waals surface area contributed by atoms with E-state index in [1.54, 1.807) is 30.1 Å². The van der Waals surface area contributed by atoms with Crippen LogP contribution in [0.15, 0.2) is 36.8 Å². The maximum absolute atomic E-state index is 13.7. The standard InChI is InChI=1S/C19H21FN6/c1-11-4-19(12(2)3-17(11)20)26-10-18(24-25-26)13-5-16(9-22-8-13)23-15-6-14(21)7-15/h3-5,8-10,14-15,23H,6-7,21H2,1-2H3. The number of hydrogen-bond acceptors (Lipinski definition) is 5. The lowest BCUT2D eigenvalue weighted by atomic mass is 9.87. The van der Waals surface area contributed by atoms with Crippen molar-refractivity contribution in [2.45, 2.75) is 38.8 Å². The minimum absolute atomic E-state index is 0.217. The van der Waals surface area contributed by atoms with E-state index in [-0.39, 0.29) is 5.82 Å². The van der Waals surface area contributed by atoms with Gasteiger partial charge in [-0.25, -0.2) is 9.07 Å². The predicted octanol–water partition coefficient (Wildman–Crippen LogP) is 2.99. The normalized spacial score (nSPS) is 19.2. The number of nitrogens with one attached hydrogen (secondary N) is 1. The van der Waals surface area contributed by atoms with Gasteiger partial charge in [0.05, 0.1) is 17.6 Å². The van der Waals surface area contributed by atoms with Gasteiger partial charge in [0, 0.05) is 30.0 Å². The molecule has 0 atom stereocenters. The second-order valence-electron chi connectivity index (χ2n) is 6.97. The highest BCUT2D eigenvalue weighted by Gasteiger charge is 2.25. The van der Waals surface area contributed by atoms with E-state index in [2.05, 4.69) is 20.6 Å². The maximum atomic E-state index is 13.7. The number of rotatable bonds is 4. The summed E-state index contributed by atoms with van der Waals surface area (Å²) in [6, 6.07) is 6.00. The molecule has 0 bridgehead atoms. The average molecular weight is 352 g/mol. The van der Waals surface area contributed by atoms with Crippen molar-refractivity contribution >= 4 is 5.69 Å². The van der Waals surface area contributed by atoms with Crippen LogP contribution in [0.5, 0.6) is 0 Å². The van der Waals surface area contributed by atoms with Crippen molar-refractivity contribution in [3.8, 4) is 16.9 Å². The molecule has 4 rings (SSSR count). The van der Waals surface area contributed by atoms with E-state index in [4.69, 9.17) is 5.73 Å². The summed E-state index contributed by atoms with van der Waals surface area (Å²) in [5, 5.41) is 11.9. The van der Waals surface area contributed by atoms with Gasteiger partial charge in [-0.15, -0.1) is 5.10 Å². The number of anilines is 1. The van der Waals surface area contributed by atoms with Crippen LogP contribution in [0.3, 0.4) is 0 Å². The number of nitrogens with two attached hydrogens (primary N) is 1. The summed E-state index contributed by atoms with van der Waals surface area (Å²) in [5.74, 6) is -0.217. The Bertz CT molecular complexity index is 945. The summed E-state index contributed by atoms with van der Waals surface area (Å²) >= 11 is 0. The van der Waals surface area contributed by atoms with Gasteiger partial charge < -0.3 is 11.1 Å². The van der Waals surface area contributed by atoms with Crippen LogP contribution in [0.25, 0.3) is 16.9 Å². The Kier molecular flexibility index (Phi) is 4.16. The number of halogens is 1. The SMILES string of the molecule is Cc1cc(-n2cc(-c3cncc(NC4CC(N)C4)c3)nn2)c(C)cc1F. The van der Waals surface area contributed by atoms with Gasteiger partial charge in [-0.3, -0.25) is 4.98 Å². The third-order valence-corrected chi connectivity index (χ3v) is 4.80. The van der Waals surface area contributed by atoms with Gasteiger partial charge in [0.25, 0.3) is 0 Å². The molecule has 0 aliphatic heterocycles. The Morgan fingerprint density at radius 2 is 1.96 bits per heavy atom. The van der Waals surface area contributed by atoms with Crippen molar-refractivity contribution in [1.82, 2.24) is 20.0 Å². The lowest BCUT2D eigenvalue weighted by molar-refractivity contribution is 0.373. The fourth-order valence-corrected chi connectivity index (χ4v) is 3.20. The summed E-state index contributed by atoms with van der Waals surface area (Å²) in [7, 11) is 0. The first-order valence-electron chi connectivity index (χ1n) is 8.66. The molecule has 1 fully saturated rings. The van der Waals surface area contributed by atoms with Crippen LogP contribution in [0, 0.1) is 19.7 Å². The number of nitrogens with zero attached hydrogens (tertiary/aromatic N) is 4.